The third kappa shape index (κ3) is 4.08. The van der Waals surface area contributed by atoms with Gasteiger partial charge in [-0.2, -0.15) is 0 Å². The number of hydrogen-bond acceptors (Lipinski definition) is 3. The molecule has 2 amide bonds. The van der Waals surface area contributed by atoms with E-state index in [1.165, 1.54) is 0 Å². The number of carbonyl (C=O) groups is 2. The lowest BCUT2D eigenvalue weighted by molar-refractivity contribution is -0.126. The minimum atomic E-state index is -0.793. The summed E-state index contributed by atoms with van der Waals surface area (Å²) in [5.41, 5.74) is 4.31. The molecule has 1 heterocycles. The summed E-state index contributed by atoms with van der Waals surface area (Å²) >= 11 is 0. The zero-order chi connectivity index (χ0) is 12.2. The Morgan fingerprint density at radius 1 is 1.56 bits per heavy atom. The predicted octanol–water partition coefficient (Wildman–Crippen LogP) is 1.17. The van der Waals surface area contributed by atoms with Crippen molar-refractivity contribution in [2.75, 3.05) is 6.54 Å². The molecule has 0 aliphatic carbocycles. The fourth-order valence-electron chi connectivity index (χ4n) is 2.10. The first-order valence-corrected chi connectivity index (χ1v) is 5.67. The van der Waals surface area contributed by atoms with Crippen molar-refractivity contribution in [1.29, 1.82) is 0 Å². The molecule has 1 atom stereocenters. The van der Waals surface area contributed by atoms with Gasteiger partial charge in [-0.05, 0) is 33.1 Å². The van der Waals surface area contributed by atoms with E-state index in [1.807, 2.05) is 0 Å². The highest BCUT2D eigenvalue weighted by molar-refractivity contribution is 5.79. The minimum absolute atomic E-state index is 0.0543. The van der Waals surface area contributed by atoms with Gasteiger partial charge >= 0.3 is 6.09 Å². The lowest BCUT2D eigenvalue weighted by Crippen LogP contribution is -2.38. The topological polar surface area (TPSA) is 81.4 Å². The van der Waals surface area contributed by atoms with E-state index in [4.69, 9.17) is 10.5 Å². The molecule has 0 spiro atoms. The van der Waals surface area contributed by atoms with Gasteiger partial charge in [0.15, 0.2) is 0 Å². The maximum absolute atomic E-state index is 11.7. The Morgan fingerprint density at radius 2 is 2.25 bits per heavy atom. The van der Waals surface area contributed by atoms with Crippen molar-refractivity contribution >= 4 is 12.0 Å². The Bertz CT molecular complexity index is 276. The quantitative estimate of drug-likeness (QED) is 0.760. The average molecular weight is 228 g/mol. The summed E-state index contributed by atoms with van der Waals surface area (Å²) < 4.78 is 4.99. The van der Waals surface area contributed by atoms with Gasteiger partial charge in [0, 0.05) is 12.5 Å². The number of nitrogens with two attached hydrogens (primary N) is 1. The molecule has 1 aliphatic rings. The van der Waals surface area contributed by atoms with Crippen LogP contribution in [0.2, 0.25) is 0 Å². The van der Waals surface area contributed by atoms with Crippen LogP contribution in [0.15, 0.2) is 0 Å². The molecule has 0 aromatic rings. The number of nitrogens with one attached hydrogen (secondary N) is 1. The van der Waals surface area contributed by atoms with Gasteiger partial charge in [-0.15, -0.1) is 0 Å². The van der Waals surface area contributed by atoms with Crippen LogP contribution in [0.4, 0.5) is 4.79 Å². The standard InChI is InChI=1S/C11H20N2O3/c1-11(2,16-10(12)15)7-8-5-3-4-6-13-9(8)14/h8H,3-7H2,1-2H3,(H2,12,15)(H,13,14)/t8-/m0/s1. The molecule has 0 unspecified atom stereocenters. The normalized spacial score (nSPS) is 22.1. The third-order valence-electron chi connectivity index (χ3n) is 2.76. The second-order valence-electron chi connectivity index (χ2n) is 4.87. The van der Waals surface area contributed by atoms with E-state index in [0.29, 0.717) is 6.42 Å². The van der Waals surface area contributed by atoms with Crippen molar-refractivity contribution < 1.29 is 14.3 Å². The fraction of sp³-hybridized carbons (Fsp3) is 0.818. The largest absolute Gasteiger partial charge is 0.444 e. The molecule has 0 saturated carbocycles. The maximum Gasteiger partial charge on any atom is 0.405 e. The predicted molar refractivity (Wildman–Crippen MR) is 59.7 cm³/mol. The van der Waals surface area contributed by atoms with Gasteiger partial charge in [0.05, 0.1) is 0 Å². The maximum atomic E-state index is 11.7. The van der Waals surface area contributed by atoms with Crippen molar-refractivity contribution in [2.24, 2.45) is 11.7 Å². The van der Waals surface area contributed by atoms with Crippen LogP contribution in [0.1, 0.15) is 39.5 Å². The number of hydrogen-bond donors (Lipinski definition) is 2. The van der Waals surface area contributed by atoms with Crippen molar-refractivity contribution in [3.63, 3.8) is 0 Å². The van der Waals surface area contributed by atoms with Crippen LogP contribution < -0.4 is 11.1 Å². The molecular weight excluding hydrogens is 208 g/mol. The van der Waals surface area contributed by atoms with Crippen LogP contribution >= 0.6 is 0 Å². The van der Waals surface area contributed by atoms with Gasteiger partial charge in [0.2, 0.25) is 5.91 Å². The summed E-state index contributed by atoms with van der Waals surface area (Å²) in [6, 6.07) is 0. The monoisotopic (exact) mass is 228 g/mol. The van der Waals surface area contributed by atoms with Crippen LogP contribution in [-0.2, 0) is 9.53 Å². The molecule has 16 heavy (non-hydrogen) atoms. The molecule has 5 nitrogen and oxygen atoms in total. The average Bonchev–Trinajstić information content (AvgIpc) is 2.29. The first kappa shape index (κ1) is 12.8. The number of rotatable bonds is 3. The minimum Gasteiger partial charge on any atom is -0.444 e. The second-order valence-corrected chi connectivity index (χ2v) is 4.87. The van der Waals surface area contributed by atoms with E-state index in [0.717, 1.165) is 25.8 Å². The van der Waals surface area contributed by atoms with Gasteiger partial charge in [-0.3, -0.25) is 4.79 Å². The van der Waals surface area contributed by atoms with E-state index in [-0.39, 0.29) is 11.8 Å². The number of amides is 2. The Labute approximate surface area is 95.7 Å². The first-order valence-electron chi connectivity index (χ1n) is 5.67. The lowest BCUT2D eigenvalue weighted by Gasteiger charge is -2.27. The molecule has 0 bridgehead atoms. The summed E-state index contributed by atoms with van der Waals surface area (Å²) in [6.07, 6.45) is 2.60. The Balaban J connectivity index is 2.56. The van der Waals surface area contributed by atoms with Crippen molar-refractivity contribution in [3.8, 4) is 0 Å². The molecule has 92 valence electrons. The molecule has 3 N–H and O–H groups in total. The Hall–Kier alpha value is -1.26. The van der Waals surface area contributed by atoms with Crippen LogP contribution in [0.3, 0.4) is 0 Å². The van der Waals surface area contributed by atoms with Gasteiger partial charge < -0.3 is 15.8 Å². The molecule has 1 aliphatic heterocycles. The summed E-state index contributed by atoms with van der Waals surface area (Å²) in [6.45, 7) is 4.29. The van der Waals surface area contributed by atoms with E-state index >= 15 is 0 Å². The third-order valence-corrected chi connectivity index (χ3v) is 2.76. The molecule has 1 saturated heterocycles. The number of carbonyl (C=O) groups excluding carboxylic acids is 2. The SMILES string of the molecule is CC(C)(C[C@@H]1CCCCNC1=O)OC(N)=O. The molecule has 5 heteroatoms. The van der Waals surface area contributed by atoms with E-state index in [1.54, 1.807) is 13.8 Å². The Morgan fingerprint density at radius 3 is 2.88 bits per heavy atom. The highest BCUT2D eigenvalue weighted by Gasteiger charge is 2.31. The summed E-state index contributed by atoms with van der Waals surface area (Å²) in [5.74, 6) is -0.0319. The highest BCUT2D eigenvalue weighted by atomic mass is 16.6. The number of primary amides is 1. The van der Waals surface area contributed by atoms with Gasteiger partial charge in [0.25, 0.3) is 0 Å². The summed E-state index contributed by atoms with van der Waals surface area (Å²) in [4.78, 5) is 22.4. The molecule has 0 aromatic carbocycles. The highest BCUT2D eigenvalue weighted by Crippen LogP contribution is 2.25. The van der Waals surface area contributed by atoms with E-state index in [9.17, 15) is 9.59 Å². The van der Waals surface area contributed by atoms with Crippen molar-refractivity contribution in [1.82, 2.24) is 5.32 Å². The second kappa shape index (κ2) is 5.18. The van der Waals surface area contributed by atoms with Crippen LogP contribution in [0, 0.1) is 5.92 Å². The van der Waals surface area contributed by atoms with Crippen molar-refractivity contribution in [2.45, 2.75) is 45.1 Å². The molecule has 1 fully saturated rings. The van der Waals surface area contributed by atoms with Gasteiger partial charge in [0.1, 0.15) is 5.60 Å². The van der Waals surface area contributed by atoms with Crippen LogP contribution in [0.25, 0.3) is 0 Å². The first-order chi connectivity index (χ1) is 7.41. The lowest BCUT2D eigenvalue weighted by atomic mass is 9.89. The summed E-state index contributed by atoms with van der Waals surface area (Å²) in [5, 5.41) is 2.86. The van der Waals surface area contributed by atoms with Gasteiger partial charge in [-0.1, -0.05) is 6.42 Å². The number of ether oxygens (including phenoxy) is 1. The zero-order valence-electron chi connectivity index (χ0n) is 9.91. The zero-order valence-corrected chi connectivity index (χ0v) is 9.91. The van der Waals surface area contributed by atoms with Crippen LogP contribution in [-0.4, -0.2) is 24.1 Å². The van der Waals surface area contributed by atoms with Crippen LogP contribution in [0.5, 0.6) is 0 Å². The van der Waals surface area contributed by atoms with E-state index < -0.39 is 11.7 Å². The fourth-order valence-corrected chi connectivity index (χ4v) is 2.10. The Kier molecular flexibility index (Phi) is 4.15. The smallest absolute Gasteiger partial charge is 0.405 e. The molecule has 0 radical (unpaired) electrons. The molecule has 1 rings (SSSR count). The summed E-state index contributed by atoms with van der Waals surface area (Å²) in [7, 11) is 0. The van der Waals surface area contributed by atoms with Gasteiger partial charge in [-0.25, -0.2) is 4.79 Å². The molecular formula is C11H20N2O3. The van der Waals surface area contributed by atoms with Crippen molar-refractivity contribution in [3.05, 3.63) is 0 Å². The van der Waals surface area contributed by atoms with E-state index in [2.05, 4.69) is 5.32 Å². The molecule has 0 aromatic heterocycles.